The maximum absolute atomic E-state index is 12.0. The number of methoxy groups -OCH3 is 1. The number of hydrogen-bond acceptors (Lipinski definition) is 3. The molecule has 2 rings (SSSR count). The van der Waals surface area contributed by atoms with Gasteiger partial charge >= 0.3 is 0 Å². The van der Waals surface area contributed by atoms with Crippen LogP contribution in [0.25, 0.3) is 10.9 Å². The minimum Gasteiger partial charge on any atom is -0.497 e. The van der Waals surface area contributed by atoms with E-state index in [0.717, 1.165) is 16.7 Å². The van der Waals surface area contributed by atoms with Crippen molar-refractivity contribution in [1.29, 1.82) is 0 Å². The molecule has 6 heteroatoms. The first-order valence-electron chi connectivity index (χ1n) is 6.31. The molecule has 1 amide bonds. The molecule has 20 heavy (non-hydrogen) atoms. The molecule has 0 aliphatic heterocycles. The number of ether oxygens (including phenoxy) is 1. The van der Waals surface area contributed by atoms with Crippen molar-refractivity contribution in [2.24, 2.45) is 10.7 Å². The fourth-order valence-electron chi connectivity index (χ4n) is 1.85. The second kappa shape index (κ2) is 5.64. The first kappa shape index (κ1) is 13.9. The Morgan fingerprint density at radius 1 is 1.40 bits per heavy atom. The van der Waals surface area contributed by atoms with Gasteiger partial charge in [0.05, 0.1) is 7.11 Å². The summed E-state index contributed by atoms with van der Waals surface area (Å²) in [5, 5.41) is 3.44. The molecule has 1 aromatic carbocycles. The highest BCUT2D eigenvalue weighted by atomic mass is 16.5. The van der Waals surface area contributed by atoms with Crippen LogP contribution < -0.4 is 15.8 Å². The van der Waals surface area contributed by atoms with Crippen LogP contribution in [-0.4, -0.2) is 30.0 Å². The quantitative estimate of drug-likeness (QED) is 0.586. The highest BCUT2D eigenvalue weighted by molar-refractivity contribution is 6.06. The van der Waals surface area contributed by atoms with Gasteiger partial charge in [0.15, 0.2) is 5.96 Å². The van der Waals surface area contributed by atoms with Crippen LogP contribution in [-0.2, 0) is 0 Å². The van der Waals surface area contributed by atoms with Gasteiger partial charge < -0.3 is 15.5 Å². The first-order valence-corrected chi connectivity index (χ1v) is 6.31. The molecule has 0 aliphatic rings. The van der Waals surface area contributed by atoms with Crippen LogP contribution in [0.4, 0.5) is 0 Å². The van der Waals surface area contributed by atoms with Gasteiger partial charge in [-0.05, 0) is 38.1 Å². The Hall–Kier alpha value is -2.50. The fraction of sp³-hybridized carbons (Fsp3) is 0.286. The molecule has 0 saturated heterocycles. The van der Waals surface area contributed by atoms with Crippen molar-refractivity contribution in [3.05, 3.63) is 30.0 Å². The van der Waals surface area contributed by atoms with Crippen molar-refractivity contribution in [1.82, 2.24) is 10.3 Å². The number of carbonyl (C=O) groups is 1. The van der Waals surface area contributed by atoms with Gasteiger partial charge in [0, 0.05) is 16.9 Å². The summed E-state index contributed by atoms with van der Waals surface area (Å²) in [5.41, 5.74) is 6.92. The van der Waals surface area contributed by atoms with Crippen LogP contribution in [0.3, 0.4) is 0 Å². The van der Waals surface area contributed by atoms with Crippen LogP contribution >= 0.6 is 0 Å². The molecule has 0 bridgehead atoms. The lowest BCUT2D eigenvalue weighted by atomic mass is 10.2. The van der Waals surface area contributed by atoms with E-state index in [-0.39, 0.29) is 17.9 Å². The van der Waals surface area contributed by atoms with E-state index in [1.807, 2.05) is 32.0 Å². The number of aromatic amines is 1. The Morgan fingerprint density at radius 2 is 2.15 bits per heavy atom. The zero-order valence-electron chi connectivity index (χ0n) is 11.7. The average Bonchev–Trinajstić information content (AvgIpc) is 2.80. The van der Waals surface area contributed by atoms with E-state index < -0.39 is 0 Å². The number of nitrogens with one attached hydrogen (secondary N) is 2. The Balaban J connectivity index is 2.22. The van der Waals surface area contributed by atoms with E-state index in [9.17, 15) is 4.79 Å². The Bertz CT molecular complexity index is 658. The highest BCUT2D eigenvalue weighted by Crippen LogP contribution is 2.21. The number of rotatable bonds is 3. The maximum atomic E-state index is 12.0. The number of fused-ring (bicyclic) bond motifs is 1. The number of amides is 1. The van der Waals surface area contributed by atoms with E-state index in [2.05, 4.69) is 15.3 Å². The van der Waals surface area contributed by atoms with E-state index in [4.69, 9.17) is 10.5 Å². The molecular formula is C14H18N4O2. The average molecular weight is 274 g/mol. The smallest absolute Gasteiger partial charge is 0.274 e. The van der Waals surface area contributed by atoms with Gasteiger partial charge in [-0.2, -0.15) is 0 Å². The third kappa shape index (κ3) is 3.09. The molecule has 1 aromatic heterocycles. The van der Waals surface area contributed by atoms with Crippen molar-refractivity contribution in [3.63, 3.8) is 0 Å². The van der Waals surface area contributed by atoms with Gasteiger partial charge in [-0.3, -0.25) is 15.1 Å². The maximum Gasteiger partial charge on any atom is 0.274 e. The molecular weight excluding hydrogens is 256 g/mol. The second-order valence-corrected chi connectivity index (χ2v) is 4.70. The van der Waals surface area contributed by atoms with Crippen LogP contribution in [0.1, 0.15) is 24.3 Å². The topological polar surface area (TPSA) is 92.5 Å². The van der Waals surface area contributed by atoms with Gasteiger partial charge in [0.25, 0.3) is 5.91 Å². The van der Waals surface area contributed by atoms with Crippen molar-refractivity contribution in [2.75, 3.05) is 7.11 Å². The summed E-state index contributed by atoms with van der Waals surface area (Å²) in [7, 11) is 1.60. The number of aromatic nitrogens is 1. The lowest BCUT2D eigenvalue weighted by Crippen LogP contribution is -2.37. The largest absolute Gasteiger partial charge is 0.497 e. The molecule has 0 unspecified atom stereocenters. The van der Waals surface area contributed by atoms with Gasteiger partial charge in [0.2, 0.25) is 0 Å². The number of guanidine groups is 1. The summed E-state index contributed by atoms with van der Waals surface area (Å²) >= 11 is 0. The van der Waals surface area contributed by atoms with Gasteiger partial charge in [-0.25, -0.2) is 0 Å². The monoisotopic (exact) mass is 274 g/mol. The Morgan fingerprint density at radius 3 is 2.80 bits per heavy atom. The lowest BCUT2D eigenvalue weighted by Gasteiger charge is -2.04. The normalized spacial score (nSPS) is 11.9. The molecule has 0 aliphatic carbocycles. The number of aliphatic imine (C=N–C) groups is 1. The second-order valence-electron chi connectivity index (χ2n) is 4.70. The zero-order valence-corrected chi connectivity index (χ0v) is 11.7. The van der Waals surface area contributed by atoms with E-state index in [1.165, 1.54) is 0 Å². The number of carbonyl (C=O) groups excluding carboxylic acids is 1. The first-order chi connectivity index (χ1) is 9.49. The SMILES string of the molecule is COc1ccc2[nH]c(C(=O)NC(N)=NC(C)C)cc2c1. The van der Waals surface area contributed by atoms with E-state index in [0.29, 0.717) is 5.69 Å². The molecule has 0 atom stereocenters. The number of nitrogens with zero attached hydrogens (tertiary/aromatic N) is 1. The van der Waals surface area contributed by atoms with Crippen molar-refractivity contribution in [2.45, 2.75) is 19.9 Å². The summed E-state index contributed by atoms with van der Waals surface area (Å²) in [6, 6.07) is 7.32. The molecule has 106 valence electrons. The molecule has 4 N–H and O–H groups in total. The van der Waals surface area contributed by atoms with Crippen LogP contribution in [0, 0.1) is 0 Å². The van der Waals surface area contributed by atoms with Crippen LogP contribution in [0.15, 0.2) is 29.3 Å². The minimum absolute atomic E-state index is 0.0299. The Labute approximate surface area is 117 Å². The fourth-order valence-corrected chi connectivity index (χ4v) is 1.85. The minimum atomic E-state index is -0.318. The van der Waals surface area contributed by atoms with Gasteiger partial charge in [0.1, 0.15) is 11.4 Å². The molecule has 0 radical (unpaired) electrons. The highest BCUT2D eigenvalue weighted by Gasteiger charge is 2.11. The molecule has 0 spiro atoms. The zero-order chi connectivity index (χ0) is 14.7. The van der Waals surface area contributed by atoms with Crippen molar-refractivity contribution < 1.29 is 9.53 Å². The van der Waals surface area contributed by atoms with Crippen molar-refractivity contribution >= 4 is 22.8 Å². The molecule has 2 aromatic rings. The standard InChI is InChI=1S/C14H18N4O2/c1-8(2)16-14(15)18-13(19)12-7-9-6-10(20-3)4-5-11(9)17-12/h4-8,17H,1-3H3,(H3,15,16,18,19). The Kier molecular flexibility index (Phi) is 3.93. The van der Waals surface area contributed by atoms with E-state index in [1.54, 1.807) is 13.2 Å². The predicted molar refractivity (Wildman–Crippen MR) is 79.1 cm³/mol. The molecule has 0 saturated carbocycles. The molecule has 1 heterocycles. The van der Waals surface area contributed by atoms with Crippen LogP contribution in [0.5, 0.6) is 5.75 Å². The summed E-state index contributed by atoms with van der Waals surface area (Å²) < 4.78 is 5.15. The summed E-state index contributed by atoms with van der Waals surface area (Å²) in [6.45, 7) is 3.77. The van der Waals surface area contributed by atoms with Gasteiger partial charge in [-0.15, -0.1) is 0 Å². The lowest BCUT2D eigenvalue weighted by molar-refractivity contribution is 0.0972. The van der Waals surface area contributed by atoms with Crippen LogP contribution in [0.2, 0.25) is 0 Å². The van der Waals surface area contributed by atoms with E-state index >= 15 is 0 Å². The molecule has 0 fully saturated rings. The number of hydrogen-bond donors (Lipinski definition) is 3. The number of H-pyrrole nitrogens is 1. The van der Waals surface area contributed by atoms with Gasteiger partial charge in [-0.1, -0.05) is 0 Å². The number of nitrogens with two attached hydrogens (primary N) is 1. The molecule has 6 nitrogen and oxygen atoms in total. The summed E-state index contributed by atoms with van der Waals surface area (Å²) in [4.78, 5) is 19.1. The third-order valence-corrected chi connectivity index (χ3v) is 2.71. The summed E-state index contributed by atoms with van der Waals surface area (Å²) in [6.07, 6.45) is 0. The van der Waals surface area contributed by atoms with Crippen molar-refractivity contribution in [3.8, 4) is 5.75 Å². The number of benzene rings is 1. The summed E-state index contributed by atoms with van der Waals surface area (Å²) in [5.74, 6) is 0.535. The third-order valence-electron chi connectivity index (χ3n) is 2.71. The predicted octanol–water partition coefficient (Wildman–Crippen LogP) is 1.63.